The molecule has 4 aliphatic heterocycles. The molecule has 24 heavy (non-hydrogen) atoms. The molecular weight excluding hydrogens is 300 g/mol. The SMILES string of the molecule is COc1ccc2c(c1)N1C(=O)C[C@]34C=CCN5CC[C@H]2[C@]1(CC3)[C@@H]54. The Bertz CT molecular complexity index is 803. The summed E-state index contributed by atoms with van der Waals surface area (Å²) in [7, 11) is 1.70. The maximum atomic E-state index is 13.3. The third-order valence-corrected chi connectivity index (χ3v) is 7.47. The summed E-state index contributed by atoms with van der Waals surface area (Å²) in [6, 6.07) is 6.86. The predicted octanol–water partition coefficient (Wildman–Crippen LogP) is 2.69. The number of ether oxygens (including phenoxy) is 1. The lowest BCUT2D eigenvalue weighted by Gasteiger charge is -2.59. The van der Waals surface area contributed by atoms with Gasteiger partial charge >= 0.3 is 0 Å². The van der Waals surface area contributed by atoms with Crippen molar-refractivity contribution >= 4 is 11.6 Å². The van der Waals surface area contributed by atoms with Crippen molar-refractivity contribution in [3.8, 4) is 5.75 Å². The second kappa shape index (κ2) is 4.05. The van der Waals surface area contributed by atoms with Crippen LogP contribution in [-0.2, 0) is 4.79 Å². The number of nitrogens with zero attached hydrogens (tertiary/aromatic N) is 2. The Labute approximate surface area is 142 Å². The fraction of sp³-hybridized carbons (Fsp3) is 0.550. The molecule has 124 valence electrons. The monoisotopic (exact) mass is 322 g/mol. The van der Waals surface area contributed by atoms with Crippen molar-refractivity contribution in [2.75, 3.05) is 25.1 Å². The Hall–Kier alpha value is -1.81. The Kier molecular flexibility index (Phi) is 2.27. The van der Waals surface area contributed by atoms with E-state index in [-0.39, 0.29) is 11.0 Å². The minimum atomic E-state index is -0.0208. The number of amides is 1. The molecule has 0 unspecified atom stereocenters. The number of hydrogen-bond acceptors (Lipinski definition) is 3. The third-order valence-electron chi connectivity index (χ3n) is 7.47. The third kappa shape index (κ3) is 1.25. The van der Waals surface area contributed by atoms with Crippen molar-refractivity contribution in [2.45, 2.75) is 43.2 Å². The van der Waals surface area contributed by atoms with E-state index >= 15 is 0 Å². The van der Waals surface area contributed by atoms with Crippen LogP contribution in [0.5, 0.6) is 5.75 Å². The highest BCUT2D eigenvalue weighted by atomic mass is 16.5. The molecule has 1 aromatic carbocycles. The van der Waals surface area contributed by atoms with Crippen LogP contribution in [-0.4, -0.2) is 42.6 Å². The zero-order valence-electron chi connectivity index (χ0n) is 14.0. The second-order valence-corrected chi connectivity index (χ2v) is 8.20. The molecule has 4 heterocycles. The molecule has 2 saturated heterocycles. The van der Waals surface area contributed by atoms with Crippen LogP contribution in [0.1, 0.15) is 37.2 Å². The molecule has 2 bridgehead atoms. The van der Waals surface area contributed by atoms with Crippen LogP contribution in [0.3, 0.4) is 0 Å². The lowest BCUT2D eigenvalue weighted by molar-refractivity contribution is -0.127. The normalized spacial score (nSPS) is 41.4. The van der Waals surface area contributed by atoms with E-state index in [9.17, 15) is 4.79 Å². The van der Waals surface area contributed by atoms with Gasteiger partial charge < -0.3 is 9.64 Å². The maximum absolute atomic E-state index is 13.3. The summed E-state index contributed by atoms with van der Waals surface area (Å²) >= 11 is 0. The summed E-state index contributed by atoms with van der Waals surface area (Å²) < 4.78 is 5.46. The Balaban J connectivity index is 1.63. The minimum absolute atomic E-state index is 0.0208. The molecule has 4 atom stereocenters. The first kappa shape index (κ1) is 13.5. The zero-order valence-corrected chi connectivity index (χ0v) is 14.0. The van der Waals surface area contributed by atoms with Crippen molar-refractivity contribution in [1.82, 2.24) is 4.90 Å². The first-order chi connectivity index (χ1) is 11.7. The molecule has 3 fully saturated rings. The standard InChI is InChI=1S/C20H22N2O2/c1-24-13-3-4-14-15-5-10-21-9-2-6-19-7-8-20(15,18(19)21)22(16(14)11-13)17(23)12-19/h2-4,6,11,15,18H,5,7-10,12H2,1H3/t15-,18+,19+,20-/m1/s1. The van der Waals surface area contributed by atoms with E-state index in [1.54, 1.807) is 7.11 Å². The number of anilines is 1. The molecular formula is C20H22N2O2. The summed E-state index contributed by atoms with van der Waals surface area (Å²) in [4.78, 5) is 18.1. The summed E-state index contributed by atoms with van der Waals surface area (Å²) in [5.74, 6) is 1.65. The van der Waals surface area contributed by atoms with Gasteiger partial charge in [-0.1, -0.05) is 18.2 Å². The Morgan fingerprint density at radius 2 is 2.21 bits per heavy atom. The van der Waals surface area contributed by atoms with Gasteiger partial charge in [-0.25, -0.2) is 0 Å². The molecule has 0 aromatic heterocycles. The molecule has 1 aromatic rings. The first-order valence-electron chi connectivity index (χ1n) is 9.12. The average Bonchev–Trinajstić information content (AvgIpc) is 3.04. The highest BCUT2D eigenvalue weighted by Gasteiger charge is 2.72. The predicted molar refractivity (Wildman–Crippen MR) is 91.4 cm³/mol. The molecule has 1 saturated carbocycles. The Morgan fingerprint density at radius 1 is 1.29 bits per heavy atom. The largest absolute Gasteiger partial charge is 0.497 e. The second-order valence-electron chi connectivity index (χ2n) is 8.20. The molecule has 4 heteroatoms. The van der Waals surface area contributed by atoms with Gasteiger partial charge in [0.2, 0.25) is 5.91 Å². The molecule has 1 aliphatic carbocycles. The fourth-order valence-corrected chi connectivity index (χ4v) is 6.87. The number of methoxy groups -OCH3 is 1. The van der Waals surface area contributed by atoms with E-state index in [0.717, 1.165) is 43.8 Å². The average molecular weight is 322 g/mol. The summed E-state index contributed by atoms with van der Waals surface area (Å²) in [5.41, 5.74) is 2.55. The van der Waals surface area contributed by atoms with Crippen LogP contribution in [0, 0.1) is 5.41 Å². The van der Waals surface area contributed by atoms with Gasteiger partial charge in [-0.05, 0) is 37.4 Å². The van der Waals surface area contributed by atoms with E-state index in [2.05, 4.69) is 40.2 Å². The number of benzene rings is 1. The molecule has 1 amide bonds. The van der Waals surface area contributed by atoms with Crippen molar-refractivity contribution < 1.29 is 9.53 Å². The summed E-state index contributed by atoms with van der Waals surface area (Å²) in [6.07, 6.45) is 8.80. The number of hydrogen-bond donors (Lipinski definition) is 0. The highest BCUT2D eigenvalue weighted by Crippen LogP contribution is 2.68. The highest BCUT2D eigenvalue weighted by molar-refractivity contribution is 6.01. The molecule has 0 radical (unpaired) electrons. The van der Waals surface area contributed by atoms with E-state index in [4.69, 9.17) is 4.74 Å². The minimum Gasteiger partial charge on any atom is -0.497 e. The molecule has 5 aliphatic rings. The topological polar surface area (TPSA) is 32.8 Å². The van der Waals surface area contributed by atoms with Gasteiger partial charge in [-0.3, -0.25) is 9.69 Å². The van der Waals surface area contributed by atoms with Crippen molar-refractivity contribution in [3.05, 3.63) is 35.9 Å². The molecule has 0 N–H and O–H groups in total. The molecule has 4 nitrogen and oxygen atoms in total. The van der Waals surface area contributed by atoms with Crippen LogP contribution >= 0.6 is 0 Å². The lowest BCUT2D eigenvalue weighted by Crippen LogP contribution is -2.72. The van der Waals surface area contributed by atoms with Crippen LogP contribution < -0.4 is 9.64 Å². The van der Waals surface area contributed by atoms with Gasteiger partial charge in [0.05, 0.1) is 18.3 Å². The summed E-state index contributed by atoms with van der Waals surface area (Å²) in [6.45, 7) is 2.19. The zero-order chi connectivity index (χ0) is 16.1. The van der Waals surface area contributed by atoms with Gasteiger partial charge in [0.25, 0.3) is 0 Å². The molecule has 1 spiro atoms. The Morgan fingerprint density at radius 3 is 3.08 bits per heavy atom. The van der Waals surface area contributed by atoms with Gasteiger partial charge in [0, 0.05) is 36.4 Å². The number of fused-ring (bicyclic) bond motifs is 3. The fourth-order valence-electron chi connectivity index (χ4n) is 6.87. The number of piperidine rings is 2. The summed E-state index contributed by atoms with van der Waals surface area (Å²) in [5, 5.41) is 0. The van der Waals surface area contributed by atoms with Crippen molar-refractivity contribution in [2.24, 2.45) is 5.41 Å². The van der Waals surface area contributed by atoms with Crippen LogP contribution in [0.4, 0.5) is 5.69 Å². The van der Waals surface area contributed by atoms with Gasteiger partial charge in [-0.2, -0.15) is 0 Å². The smallest absolute Gasteiger partial charge is 0.228 e. The number of carbonyl (C=O) groups excluding carboxylic acids is 1. The van der Waals surface area contributed by atoms with E-state index in [0.29, 0.717) is 24.3 Å². The number of rotatable bonds is 1. The lowest BCUT2D eigenvalue weighted by atomic mass is 9.63. The van der Waals surface area contributed by atoms with Crippen LogP contribution in [0.25, 0.3) is 0 Å². The molecule has 6 rings (SSSR count). The van der Waals surface area contributed by atoms with Crippen LogP contribution in [0.15, 0.2) is 30.4 Å². The maximum Gasteiger partial charge on any atom is 0.228 e. The first-order valence-corrected chi connectivity index (χ1v) is 9.12. The van der Waals surface area contributed by atoms with Crippen molar-refractivity contribution in [1.29, 1.82) is 0 Å². The number of carbonyl (C=O) groups is 1. The van der Waals surface area contributed by atoms with Gasteiger partial charge in [0.15, 0.2) is 0 Å². The van der Waals surface area contributed by atoms with Gasteiger partial charge in [-0.15, -0.1) is 0 Å². The quantitative estimate of drug-likeness (QED) is 0.745. The van der Waals surface area contributed by atoms with E-state index < -0.39 is 0 Å². The van der Waals surface area contributed by atoms with E-state index in [1.165, 1.54) is 5.56 Å². The van der Waals surface area contributed by atoms with Crippen molar-refractivity contribution in [3.63, 3.8) is 0 Å². The van der Waals surface area contributed by atoms with Crippen LogP contribution in [0.2, 0.25) is 0 Å². The van der Waals surface area contributed by atoms with Gasteiger partial charge in [0.1, 0.15) is 5.75 Å². The van der Waals surface area contributed by atoms with E-state index in [1.807, 2.05) is 0 Å².